The number of nitrogens with zero attached hydrogens (tertiary/aromatic N) is 2. The molecule has 1 aromatic carbocycles. The lowest BCUT2D eigenvalue weighted by molar-refractivity contribution is -0.113. The SMILES string of the molecule is Cc1cc2c(SCC(=O)Nc3ccc4c(c3)OCCO4)ncnc2s1. The molecule has 0 saturated heterocycles. The maximum atomic E-state index is 12.3. The molecule has 0 bridgehead atoms. The average Bonchev–Trinajstić information content (AvgIpc) is 3.00. The number of fused-ring (bicyclic) bond motifs is 2. The Bertz CT molecular complexity index is 942. The van der Waals surface area contributed by atoms with Gasteiger partial charge in [-0.05, 0) is 25.1 Å². The van der Waals surface area contributed by atoms with E-state index in [-0.39, 0.29) is 11.7 Å². The van der Waals surface area contributed by atoms with Crippen LogP contribution < -0.4 is 14.8 Å². The normalized spacial score (nSPS) is 13.0. The Labute approximate surface area is 152 Å². The van der Waals surface area contributed by atoms with Crippen LogP contribution in [0.15, 0.2) is 35.6 Å². The molecule has 0 aliphatic carbocycles. The number of carbonyl (C=O) groups excluding carboxylic acids is 1. The molecule has 0 fully saturated rings. The molecule has 3 heterocycles. The van der Waals surface area contributed by atoms with Crippen molar-refractivity contribution in [3.63, 3.8) is 0 Å². The van der Waals surface area contributed by atoms with E-state index in [1.54, 1.807) is 35.9 Å². The lowest BCUT2D eigenvalue weighted by Gasteiger charge is -2.19. The van der Waals surface area contributed by atoms with Crippen LogP contribution in [-0.4, -0.2) is 34.8 Å². The summed E-state index contributed by atoms with van der Waals surface area (Å²) in [6.45, 7) is 3.10. The van der Waals surface area contributed by atoms with Crippen molar-refractivity contribution in [3.8, 4) is 11.5 Å². The molecular formula is C17H15N3O3S2. The van der Waals surface area contributed by atoms with E-state index in [1.165, 1.54) is 16.6 Å². The number of ether oxygens (including phenoxy) is 2. The summed E-state index contributed by atoms with van der Waals surface area (Å²) < 4.78 is 11.0. The molecule has 1 amide bonds. The molecule has 25 heavy (non-hydrogen) atoms. The predicted octanol–water partition coefficient (Wildman–Crippen LogP) is 3.50. The summed E-state index contributed by atoms with van der Waals surface area (Å²) in [6.07, 6.45) is 1.54. The molecule has 1 N–H and O–H groups in total. The van der Waals surface area contributed by atoms with Crippen molar-refractivity contribution in [2.45, 2.75) is 11.9 Å². The van der Waals surface area contributed by atoms with Gasteiger partial charge < -0.3 is 14.8 Å². The molecule has 3 aromatic rings. The number of hydrogen-bond donors (Lipinski definition) is 1. The van der Waals surface area contributed by atoms with Crippen LogP contribution >= 0.6 is 23.1 Å². The van der Waals surface area contributed by atoms with Gasteiger partial charge in [0.25, 0.3) is 0 Å². The number of amides is 1. The van der Waals surface area contributed by atoms with E-state index < -0.39 is 0 Å². The number of carbonyl (C=O) groups is 1. The first-order valence-corrected chi connectivity index (χ1v) is 9.53. The summed E-state index contributed by atoms with van der Waals surface area (Å²) in [5.74, 6) is 1.54. The van der Waals surface area contributed by atoms with Crippen LogP contribution in [0.1, 0.15) is 4.88 Å². The summed E-state index contributed by atoms with van der Waals surface area (Å²) in [5, 5.41) is 4.71. The fourth-order valence-corrected chi connectivity index (χ4v) is 4.21. The van der Waals surface area contributed by atoms with Crippen molar-refractivity contribution in [1.82, 2.24) is 9.97 Å². The number of thiophene rings is 1. The van der Waals surface area contributed by atoms with Crippen molar-refractivity contribution in [2.24, 2.45) is 0 Å². The van der Waals surface area contributed by atoms with Gasteiger partial charge in [-0.2, -0.15) is 0 Å². The summed E-state index contributed by atoms with van der Waals surface area (Å²) in [5.41, 5.74) is 0.689. The van der Waals surface area contributed by atoms with E-state index >= 15 is 0 Å². The standard InChI is InChI=1S/C17H15N3O3S2/c1-10-6-12-16(18-9-19-17(12)25-10)24-8-15(21)20-11-2-3-13-14(7-11)23-5-4-22-13/h2-3,6-7,9H,4-5,8H2,1H3,(H,20,21). The number of benzene rings is 1. The van der Waals surface area contributed by atoms with Gasteiger partial charge in [-0.15, -0.1) is 11.3 Å². The van der Waals surface area contributed by atoms with Crippen molar-refractivity contribution in [2.75, 3.05) is 24.3 Å². The molecule has 0 radical (unpaired) electrons. The molecule has 0 spiro atoms. The van der Waals surface area contributed by atoms with Crippen molar-refractivity contribution < 1.29 is 14.3 Å². The van der Waals surface area contributed by atoms with E-state index in [0.29, 0.717) is 30.4 Å². The third kappa shape index (κ3) is 3.54. The Morgan fingerprint density at radius 2 is 2.08 bits per heavy atom. The Balaban J connectivity index is 1.42. The maximum absolute atomic E-state index is 12.3. The second kappa shape index (κ2) is 6.89. The zero-order valence-electron chi connectivity index (χ0n) is 13.4. The molecule has 0 unspecified atom stereocenters. The predicted molar refractivity (Wildman–Crippen MR) is 98.9 cm³/mol. The van der Waals surface area contributed by atoms with Gasteiger partial charge in [0, 0.05) is 22.0 Å². The molecule has 2 aromatic heterocycles. The van der Waals surface area contributed by atoms with Crippen molar-refractivity contribution in [3.05, 3.63) is 35.5 Å². The number of thioether (sulfide) groups is 1. The van der Waals surface area contributed by atoms with Gasteiger partial charge >= 0.3 is 0 Å². The molecule has 4 rings (SSSR count). The van der Waals surface area contributed by atoms with E-state index in [0.717, 1.165) is 15.2 Å². The molecule has 1 aliphatic rings. The second-order valence-corrected chi connectivity index (χ2v) is 7.65. The number of aromatic nitrogens is 2. The Kier molecular flexibility index (Phi) is 4.46. The Morgan fingerprint density at radius 1 is 1.24 bits per heavy atom. The van der Waals surface area contributed by atoms with Crippen LogP contribution in [-0.2, 0) is 4.79 Å². The van der Waals surface area contributed by atoms with Crippen LogP contribution in [0.3, 0.4) is 0 Å². The third-order valence-electron chi connectivity index (χ3n) is 3.58. The van der Waals surface area contributed by atoms with E-state index in [4.69, 9.17) is 9.47 Å². The molecule has 6 nitrogen and oxygen atoms in total. The Morgan fingerprint density at radius 3 is 2.96 bits per heavy atom. The monoisotopic (exact) mass is 373 g/mol. The van der Waals surface area contributed by atoms with Gasteiger partial charge in [-0.3, -0.25) is 4.79 Å². The molecule has 0 saturated carbocycles. The number of hydrogen-bond acceptors (Lipinski definition) is 7. The van der Waals surface area contributed by atoms with Crippen molar-refractivity contribution in [1.29, 1.82) is 0 Å². The van der Waals surface area contributed by atoms with E-state index in [9.17, 15) is 4.79 Å². The van der Waals surface area contributed by atoms with E-state index in [1.807, 2.05) is 6.92 Å². The minimum Gasteiger partial charge on any atom is -0.486 e. The zero-order chi connectivity index (χ0) is 17.2. The highest BCUT2D eigenvalue weighted by molar-refractivity contribution is 8.00. The van der Waals surface area contributed by atoms with Crippen LogP contribution in [0.5, 0.6) is 11.5 Å². The number of rotatable bonds is 4. The highest BCUT2D eigenvalue weighted by atomic mass is 32.2. The maximum Gasteiger partial charge on any atom is 0.234 e. The topological polar surface area (TPSA) is 73.3 Å². The quantitative estimate of drug-likeness (QED) is 0.557. The second-order valence-electron chi connectivity index (χ2n) is 5.45. The first-order valence-electron chi connectivity index (χ1n) is 7.72. The van der Waals surface area contributed by atoms with Crippen molar-refractivity contribution >= 4 is 44.9 Å². The van der Waals surface area contributed by atoms with Gasteiger partial charge in [0.15, 0.2) is 11.5 Å². The molecule has 0 atom stereocenters. The zero-order valence-corrected chi connectivity index (χ0v) is 15.1. The minimum absolute atomic E-state index is 0.0969. The molecule has 8 heteroatoms. The average molecular weight is 373 g/mol. The fourth-order valence-electron chi connectivity index (χ4n) is 2.52. The largest absolute Gasteiger partial charge is 0.486 e. The Hall–Kier alpha value is -2.32. The smallest absolute Gasteiger partial charge is 0.234 e. The summed E-state index contributed by atoms with van der Waals surface area (Å²) in [7, 11) is 0. The van der Waals surface area contributed by atoms with Crippen LogP contribution in [0.4, 0.5) is 5.69 Å². The van der Waals surface area contributed by atoms with Gasteiger partial charge in [0.2, 0.25) is 5.91 Å². The van der Waals surface area contributed by atoms with Gasteiger partial charge in [-0.1, -0.05) is 11.8 Å². The number of nitrogens with one attached hydrogen (secondary N) is 1. The lowest BCUT2D eigenvalue weighted by atomic mass is 10.2. The number of anilines is 1. The summed E-state index contributed by atoms with van der Waals surface area (Å²) >= 11 is 3.03. The molecular weight excluding hydrogens is 358 g/mol. The number of aryl methyl sites for hydroxylation is 1. The fraction of sp³-hybridized carbons (Fsp3) is 0.235. The van der Waals surface area contributed by atoms with E-state index in [2.05, 4.69) is 21.4 Å². The summed E-state index contributed by atoms with van der Waals surface area (Å²) in [4.78, 5) is 22.9. The molecule has 128 valence electrons. The van der Waals surface area contributed by atoms with Gasteiger partial charge in [-0.25, -0.2) is 9.97 Å². The first kappa shape index (κ1) is 16.2. The highest BCUT2D eigenvalue weighted by Gasteiger charge is 2.14. The van der Waals surface area contributed by atoms with Crippen LogP contribution in [0.25, 0.3) is 10.2 Å². The van der Waals surface area contributed by atoms with Crippen LogP contribution in [0, 0.1) is 6.92 Å². The molecule has 1 aliphatic heterocycles. The van der Waals surface area contributed by atoms with Gasteiger partial charge in [0.05, 0.1) is 5.75 Å². The summed E-state index contributed by atoms with van der Waals surface area (Å²) in [6, 6.07) is 7.45. The third-order valence-corrected chi connectivity index (χ3v) is 5.55. The highest BCUT2D eigenvalue weighted by Crippen LogP contribution is 2.33. The lowest BCUT2D eigenvalue weighted by Crippen LogP contribution is -2.17. The van der Waals surface area contributed by atoms with Crippen LogP contribution in [0.2, 0.25) is 0 Å². The minimum atomic E-state index is -0.0969. The first-order chi connectivity index (χ1) is 12.2. The van der Waals surface area contributed by atoms with Gasteiger partial charge in [0.1, 0.15) is 29.4 Å².